The zero-order valence-corrected chi connectivity index (χ0v) is 15.0. The maximum atomic E-state index is 12.1. The Balaban J connectivity index is 1.70. The van der Waals surface area contributed by atoms with E-state index in [4.69, 9.17) is 9.57 Å². The van der Waals surface area contributed by atoms with E-state index in [0.717, 1.165) is 0 Å². The molecule has 0 fully saturated rings. The van der Waals surface area contributed by atoms with E-state index in [-0.39, 0.29) is 17.5 Å². The topological polar surface area (TPSA) is 102 Å². The molecule has 0 unspecified atom stereocenters. The molecule has 0 saturated carbocycles. The van der Waals surface area contributed by atoms with Crippen LogP contribution in [0.3, 0.4) is 0 Å². The third kappa shape index (κ3) is 5.05. The summed E-state index contributed by atoms with van der Waals surface area (Å²) in [7, 11) is 0. The van der Waals surface area contributed by atoms with Crippen LogP contribution >= 0.6 is 0 Å². The van der Waals surface area contributed by atoms with E-state index < -0.39 is 29.5 Å². The van der Waals surface area contributed by atoms with Gasteiger partial charge in [0.2, 0.25) is 0 Å². The third-order valence-corrected chi connectivity index (χ3v) is 3.43. The van der Waals surface area contributed by atoms with Crippen molar-refractivity contribution < 1.29 is 28.8 Å². The van der Waals surface area contributed by atoms with Crippen molar-refractivity contribution in [3.8, 4) is 0 Å². The van der Waals surface area contributed by atoms with Crippen molar-refractivity contribution in [1.29, 1.82) is 0 Å². The van der Waals surface area contributed by atoms with Crippen LogP contribution in [0, 0.1) is 0 Å². The number of unbranched alkanes of at least 4 members (excludes halogenated alkanes) is 1. The van der Waals surface area contributed by atoms with Crippen LogP contribution in [0.1, 0.15) is 60.7 Å². The van der Waals surface area contributed by atoms with Gasteiger partial charge < -0.3 is 14.9 Å². The fourth-order valence-electron chi connectivity index (χ4n) is 2.30. The van der Waals surface area contributed by atoms with Crippen LogP contribution in [0.25, 0.3) is 0 Å². The average Bonchev–Trinajstić information content (AvgIpc) is 2.78. The Bertz CT molecular complexity index is 688. The first-order valence-corrected chi connectivity index (χ1v) is 8.34. The highest BCUT2D eigenvalue weighted by Gasteiger charge is 2.38. The van der Waals surface area contributed by atoms with Crippen molar-refractivity contribution in [3.05, 3.63) is 35.4 Å². The molecular formula is C18H22N2O6. The summed E-state index contributed by atoms with van der Waals surface area (Å²) in [5.74, 6) is -1.98. The lowest BCUT2D eigenvalue weighted by Crippen LogP contribution is -2.33. The molecule has 0 aromatic heterocycles. The molecule has 8 heteroatoms. The number of nitrogens with one attached hydrogen (secondary N) is 1. The van der Waals surface area contributed by atoms with Crippen LogP contribution in [0.4, 0.5) is 4.79 Å². The molecule has 1 heterocycles. The van der Waals surface area contributed by atoms with Crippen molar-refractivity contribution in [2.24, 2.45) is 0 Å². The van der Waals surface area contributed by atoms with E-state index in [0.29, 0.717) is 24.4 Å². The maximum absolute atomic E-state index is 12.1. The second-order valence-electron chi connectivity index (χ2n) is 6.80. The minimum absolute atomic E-state index is 0.0173. The fraction of sp³-hybridized carbons (Fsp3) is 0.444. The molecule has 1 N–H and O–H groups in total. The molecule has 0 radical (unpaired) electrons. The largest absolute Gasteiger partial charge is 0.444 e. The standard InChI is InChI=1S/C18H22N2O6/c1-18(2,3)25-17(24)19-11-7-6-10-14(21)26-20-15(22)12-8-4-5-9-13(12)16(20)23/h4-5,8-9H,6-7,10-11H2,1-3H3,(H,19,24). The van der Waals surface area contributed by atoms with Gasteiger partial charge in [0.15, 0.2) is 0 Å². The first-order valence-electron chi connectivity index (χ1n) is 8.34. The SMILES string of the molecule is CC(C)(C)OC(=O)NCCCCC(=O)ON1C(=O)c2ccccc2C1=O. The molecule has 0 spiro atoms. The molecule has 1 aromatic rings. The number of hydroxylamine groups is 2. The molecule has 26 heavy (non-hydrogen) atoms. The number of hydrogen-bond donors (Lipinski definition) is 1. The third-order valence-electron chi connectivity index (χ3n) is 3.43. The Labute approximate surface area is 151 Å². The van der Waals surface area contributed by atoms with E-state index in [9.17, 15) is 19.2 Å². The predicted molar refractivity (Wildman–Crippen MR) is 91.1 cm³/mol. The van der Waals surface area contributed by atoms with Crippen LogP contribution in [0.2, 0.25) is 0 Å². The van der Waals surface area contributed by atoms with Gasteiger partial charge in [-0.2, -0.15) is 0 Å². The van der Waals surface area contributed by atoms with Crippen LogP contribution in [0.5, 0.6) is 0 Å². The summed E-state index contributed by atoms with van der Waals surface area (Å²) < 4.78 is 5.09. The van der Waals surface area contributed by atoms with Gasteiger partial charge in [0.1, 0.15) is 5.60 Å². The van der Waals surface area contributed by atoms with Crippen LogP contribution in [-0.4, -0.2) is 41.1 Å². The summed E-state index contributed by atoms with van der Waals surface area (Å²) in [6, 6.07) is 6.28. The van der Waals surface area contributed by atoms with Crippen LogP contribution in [0.15, 0.2) is 24.3 Å². The zero-order chi connectivity index (χ0) is 19.3. The number of amides is 3. The summed E-state index contributed by atoms with van der Waals surface area (Å²) in [5.41, 5.74) is -0.140. The highest BCUT2D eigenvalue weighted by Crippen LogP contribution is 2.22. The average molecular weight is 362 g/mol. The van der Waals surface area contributed by atoms with E-state index in [1.807, 2.05) is 0 Å². The van der Waals surface area contributed by atoms with E-state index in [1.165, 1.54) is 12.1 Å². The van der Waals surface area contributed by atoms with Gasteiger partial charge in [0, 0.05) is 13.0 Å². The van der Waals surface area contributed by atoms with Crippen molar-refractivity contribution in [3.63, 3.8) is 0 Å². The second kappa shape index (κ2) is 7.99. The first-order chi connectivity index (χ1) is 12.2. The van der Waals surface area contributed by atoms with Crippen LogP contribution in [-0.2, 0) is 14.4 Å². The van der Waals surface area contributed by atoms with Crippen molar-refractivity contribution >= 4 is 23.9 Å². The van der Waals surface area contributed by atoms with Gasteiger partial charge in [-0.15, -0.1) is 0 Å². The molecule has 0 aliphatic carbocycles. The summed E-state index contributed by atoms with van der Waals surface area (Å²) in [6.07, 6.45) is 0.448. The number of nitrogens with zero attached hydrogens (tertiary/aromatic N) is 1. The maximum Gasteiger partial charge on any atom is 0.407 e. The molecule has 1 aliphatic heterocycles. The Morgan fingerprint density at radius 1 is 1.04 bits per heavy atom. The fourth-order valence-corrected chi connectivity index (χ4v) is 2.30. The highest BCUT2D eigenvalue weighted by molar-refractivity contribution is 6.20. The predicted octanol–water partition coefficient (Wildman–Crippen LogP) is 2.44. The van der Waals surface area contributed by atoms with E-state index in [2.05, 4.69) is 5.32 Å². The summed E-state index contributed by atoms with van der Waals surface area (Å²) in [5, 5.41) is 3.07. The van der Waals surface area contributed by atoms with Crippen molar-refractivity contribution in [2.75, 3.05) is 6.54 Å². The molecule has 3 amide bonds. The number of carbonyl (C=O) groups is 4. The second-order valence-corrected chi connectivity index (χ2v) is 6.80. The number of imide groups is 1. The monoisotopic (exact) mass is 362 g/mol. The molecule has 1 aromatic carbocycles. The Morgan fingerprint density at radius 2 is 1.62 bits per heavy atom. The molecule has 2 rings (SSSR count). The van der Waals surface area contributed by atoms with Crippen molar-refractivity contribution in [1.82, 2.24) is 10.4 Å². The normalized spacial score (nSPS) is 13.4. The first kappa shape index (κ1) is 19.4. The van der Waals surface area contributed by atoms with Gasteiger partial charge in [-0.1, -0.05) is 17.2 Å². The van der Waals surface area contributed by atoms with E-state index in [1.54, 1.807) is 32.9 Å². The molecule has 0 bridgehead atoms. The quantitative estimate of drug-likeness (QED) is 0.616. The molecular weight excluding hydrogens is 340 g/mol. The van der Waals surface area contributed by atoms with Gasteiger partial charge in [0.25, 0.3) is 11.8 Å². The lowest BCUT2D eigenvalue weighted by Gasteiger charge is -2.19. The molecule has 1 aliphatic rings. The lowest BCUT2D eigenvalue weighted by atomic mass is 10.1. The number of alkyl carbamates (subject to hydrolysis) is 1. The van der Waals surface area contributed by atoms with Crippen molar-refractivity contribution in [2.45, 2.75) is 45.6 Å². The van der Waals surface area contributed by atoms with Gasteiger partial charge in [-0.3, -0.25) is 9.59 Å². The Kier molecular flexibility index (Phi) is 5.97. The summed E-state index contributed by atoms with van der Waals surface area (Å²) in [4.78, 5) is 52.3. The molecule has 0 atom stereocenters. The molecule has 0 saturated heterocycles. The van der Waals surface area contributed by atoms with Gasteiger partial charge in [0.05, 0.1) is 11.1 Å². The summed E-state index contributed by atoms with van der Waals surface area (Å²) >= 11 is 0. The lowest BCUT2D eigenvalue weighted by molar-refractivity contribution is -0.168. The number of carbonyl (C=O) groups excluding carboxylic acids is 4. The minimum atomic E-state index is -0.684. The van der Waals surface area contributed by atoms with Crippen LogP contribution < -0.4 is 5.32 Å². The van der Waals surface area contributed by atoms with Gasteiger partial charge in [-0.05, 0) is 45.7 Å². The van der Waals surface area contributed by atoms with E-state index >= 15 is 0 Å². The zero-order valence-electron chi connectivity index (χ0n) is 15.0. The number of benzene rings is 1. The number of fused-ring (bicyclic) bond motifs is 1. The number of hydrogen-bond acceptors (Lipinski definition) is 6. The van der Waals surface area contributed by atoms with Gasteiger partial charge in [-0.25, -0.2) is 9.59 Å². The molecule has 140 valence electrons. The highest BCUT2D eigenvalue weighted by atomic mass is 16.7. The number of ether oxygens (including phenoxy) is 1. The smallest absolute Gasteiger partial charge is 0.407 e. The Morgan fingerprint density at radius 3 is 2.15 bits per heavy atom. The minimum Gasteiger partial charge on any atom is -0.444 e. The molecule has 8 nitrogen and oxygen atoms in total. The summed E-state index contributed by atoms with van der Waals surface area (Å²) in [6.45, 7) is 5.64. The van der Waals surface area contributed by atoms with Gasteiger partial charge >= 0.3 is 12.1 Å². The Hall–Kier alpha value is -2.90. The number of rotatable bonds is 6.